The number of aromatic nitrogens is 2. The van der Waals surface area contributed by atoms with Crippen LogP contribution in [0.3, 0.4) is 0 Å². The van der Waals surface area contributed by atoms with Gasteiger partial charge in [-0.05, 0) is 51.3 Å². The summed E-state index contributed by atoms with van der Waals surface area (Å²) in [7, 11) is 0. The van der Waals surface area contributed by atoms with Crippen LogP contribution in [0.25, 0.3) is 5.65 Å². The molecule has 0 spiro atoms. The quantitative estimate of drug-likeness (QED) is 0.935. The Morgan fingerprint density at radius 3 is 3.05 bits per heavy atom. The lowest BCUT2D eigenvalue weighted by molar-refractivity contribution is 0.0594. The van der Waals surface area contributed by atoms with E-state index in [9.17, 15) is 9.90 Å². The molecule has 2 aromatic rings. The maximum absolute atomic E-state index is 12.3. The van der Waals surface area contributed by atoms with E-state index in [0.29, 0.717) is 18.1 Å². The van der Waals surface area contributed by atoms with Crippen LogP contribution in [0.1, 0.15) is 31.2 Å². The minimum absolute atomic E-state index is 0.0258. The number of rotatable bonds is 3. The summed E-state index contributed by atoms with van der Waals surface area (Å²) < 4.78 is 1.64. The SMILES string of the molecule is Cc1cccc2nc(CN3CCCC(C(C)O)C3)cc(=O)n12. The van der Waals surface area contributed by atoms with Crippen molar-refractivity contribution >= 4 is 5.65 Å². The van der Waals surface area contributed by atoms with Crippen molar-refractivity contribution in [2.24, 2.45) is 5.92 Å². The molecular formula is C17H23N3O2. The van der Waals surface area contributed by atoms with Gasteiger partial charge in [-0.1, -0.05) is 6.07 Å². The predicted molar refractivity (Wildman–Crippen MR) is 85.9 cm³/mol. The number of aliphatic hydroxyl groups excluding tert-OH is 1. The molecule has 0 amide bonds. The van der Waals surface area contributed by atoms with Crippen LogP contribution in [0, 0.1) is 12.8 Å². The maximum atomic E-state index is 12.3. The minimum atomic E-state index is -0.277. The molecule has 3 heterocycles. The summed E-state index contributed by atoms with van der Waals surface area (Å²) in [5.74, 6) is 0.317. The zero-order valence-electron chi connectivity index (χ0n) is 13.2. The van der Waals surface area contributed by atoms with E-state index in [2.05, 4.69) is 9.88 Å². The van der Waals surface area contributed by atoms with Gasteiger partial charge in [-0.2, -0.15) is 0 Å². The van der Waals surface area contributed by atoms with Gasteiger partial charge >= 0.3 is 0 Å². The Hall–Kier alpha value is -1.72. The number of piperidine rings is 1. The van der Waals surface area contributed by atoms with Gasteiger partial charge in [0.2, 0.25) is 0 Å². The first-order chi connectivity index (χ1) is 10.5. The maximum Gasteiger partial charge on any atom is 0.258 e. The van der Waals surface area contributed by atoms with E-state index >= 15 is 0 Å². The van der Waals surface area contributed by atoms with Gasteiger partial charge in [0.25, 0.3) is 5.56 Å². The van der Waals surface area contributed by atoms with Crippen molar-refractivity contribution in [3.63, 3.8) is 0 Å². The van der Waals surface area contributed by atoms with Crippen molar-refractivity contribution < 1.29 is 5.11 Å². The third-order valence-electron chi connectivity index (χ3n) is 4.54. The Labute approximate surface area is 130 Å². The van der Waals surface area contributed by atoms with Crippen molar-refractivity contribution in [2.75, 3.05) is 13.1 Å². The van der Waals surface area contributed by atoms with Gasteiger partial charge < -0.3 is 5.11 Å². The molecule has 0 radical (unpaired) electrons. The first kappa shape index (κ1) is 15.2. The highest BCUT2D eigenvalue weighted by Crippen LogP contribution is 2.20. The zero-order valence-corrected chi connectivity index (χ0v) is 13.2. The fourth-order valence-electron chi connectivity index (χ4n) is 3.30. The summed E-state index contributed by atoms with van der Waals surface area (Å²) in [4.78, 5) is 19.2. The molecule has 5 nitrogen and oxygen atoms in total. The van der Waals surface area contributed by atoms with Crippen LogP contribution in [-0.2, 0) is 6.54 Å². The zero-order chi connectivity index (χ0) is 15.7. The number of hydrogen-bond acceptors (Lipinski definition) is 4. The number of likely N-dealkylation sites (tertiary alicyclic amines) is 1. The van der Waals surface area contributed by atoms with Crippen LogP contribution >= 0.6 is 0 Å². The van der Waals surface area contributed by atoms with Gasteiger partial charge in [-0.3, -0.25) is 14.1 Å². The molecule has 3 rings (SSSR count). The molecule has 0 aliphatic carbocycles. The summed E-state index contributed by atoms with van der Waals surface area (Å²) in [5.41, 5.74) is 2.38. The summed E-state index contributed by atoms with van der Waals surface area (Å²) in [6, 6.07) is 7.33. The van der Waals surface area contributed by atoms with Crippen molar-refractivity contribution in [2.45, 2.75) is 39.3 Å². The van der Waals surface area contributed by atoms with Gasteiger partial charge in [0.1, 0.15) is 5.65 Å². The van der Waals surface area contributed by atoms with Gasteiger partial charge in [0, 0.05) is 24.8 Å². The highest BCUT2D eigenvalue weighted by molar-refractivity contribution is 5.40. The number of aliphatic hydroxyl groups is 1. The first-order valence-corrected chi connectivity index (χ1v) is 7.93. The second-order valence-corrected chi connectivity index (χ2v) is 6.32. The van der Waals surface area contributed by atoms with E-state index in [1.165, 1.54) is 0 Å². The average molecular weight is 301 g/mol. The summed E-state index contributed by atoms with van der Waals surface area (Å²) in [6.45, 7) is 6.30. The Morgan fingerprint density at radius 1 is 1.45 bits per heavy atom. The monoisotopic (exact) mass is 301 g/mol. The van der Waals surface area contributed by atoms with Crippen LogP contribution in [0.4, 0.5) is 0 Å². The van der Waals surface area contributed by atoms with Crippen molar-refractivity contribution in [3.8, 4) is 0 Å². The lowest BCUT2D eigenvalue weighted by Crippen LogP contribution is -2.39. The third-order valence-corrected chi connectivity index (χ3v) is 4.54. The van der Waals surface area contributed by atoms with Crippen molar-refractivity contribution in [1.29, 1.82) is 0 Å². The Morgan fingerprint density at radius 2 is 2.27 bits per heavy atom. The van der Waals surface area contributed by atoms with Gasteiger partial charge in [0.05, 0.1) is 11.8 Å². The van der Waals surface area contributed by atoms with E-state index < -0.39 is 0 Å². The molecule has 1 fully saturated rings. The molecule has 118 valence electrons. The predicted octanol–water partition coefficient (Wildman–Crippen LogP) is 1.60. The third kappa shape index (κ3) is 3.05. The van der Waals surface area contributed by atoms with Crippen LogP contribution < -0.4 is 5.56 Å². The Balaban J connectivity index is 1.84. The van der Waals surface area contributed by atoms with Crippen LogP contribution in [-0.4, -0.2) is 38.6 Å². The van der Waals surface area contributed by atoms with Gasteiger partial charge in [-0.15, -0.1) is 0 Å². The second kappa shape index (κ2) is 6.18. The Bertz CT molecular complexity index is 723. The molecule has 1 N–H and O–H groups in total. The number of nitrogens with zero attached hydrogens (tertiary/aromatic N) is 3. The van der Waals surface area contributed by atoms with E-state index in [1.54, 1.807) is 10.5 Å². The van der Waals surface area contributed by atoms with Gasteiger partial charge in [0.15, 0.2) is 0 Å². The highest BCUT2D eigenvalue weighted by Gasteiger charge is 2.23. The minimum Gasteiger partial charge on any atom is -0.393 e. The molecule has 0 aromatic carbocycles. The highest BCUT2D eigenvalue weighted by atomic mass is 16.3. The van der Waals surface area contributed by atoms with E-state index in [4.69, 9.17) is 0 Å². The topological polar surface area (TPSA) is 57.8 Å². The molecule has 2 aromatic heterocycles. The Kier molecular flexibility index (Phi) is 4.27. The number of fused-ring (bicyclic) bond motifs is 1. The standard InChI is InChI=1S/C17H23N3O2/c1-12-5-3-7-16-18-15(9-17(22)20(12)16)11-19-8-4-6-14(10-19)13(2)21/h3,5,7,9,13-14,21H,4,6,8,10-11H2,1-2H3. The summed E-state index contributed by atoms with van der Waals surface area (Å²) in [5, 5.41) is 9.78. The summed E-state index contributed by atoms with van der Waals surface area (Å²) >= 11 is 0. The molecule has 0 saturated carbocycles. The largest absolute Gasteiger partial charge is 0.393 e. The van der Waals surface area contributed by atoms with E-state index in [0.717, 1.165) is 37.3 Å². The molecule has 2 atom stereocenters. The molecular weight excluding hydrogens is 278 g/mol. The van der Waals surface area contributed by atoms with Crippen molar-refractivity contribution in [1.82, 2.24) is 14.3 Å². The summed E-state index contributed by atoms with van der Waals surface area (Å²) in [6.07, 6.45) is 1.88. The smallest absolute Gasteiger partial charge is 0.258 e. The van der Waals surface area contributed by atoms with Crippen LogP contribution in [0.15, 0.2) is 29.1 Å². The number of hydrogen-bond donors (Lipinski definition) is 1. The van der Waals surface area contributed by atoms with E-state index in [-0.39, 0.29) is 11.7 Å². The molecule has 1 saturated heterocycles. The molecule has 5 heteroatoms. The van der Waals surface area contributed by atoms with Crippen molar-refractivity contribution in [3.05, 3.63) is 46.0 Å². The normalized spacial score (nSPS) is 21.1. The molecule has 2 unspecified atom stereocenters. The fraction of sp³-hybridized carbons (Fsp3) is 0.529. The number of aryl methyl sites for hydroxylation is 1. The van der Waals surface area contributed by atoms with Crippen LogP contribution in [0.5, 0.6) is 0 Å². The second-order valence-electron chi connectivity index (χ2n) is 6.32. The lowest BCUT2D eigenvalue weighted by Gasteiger charge is -2.33. The lowest BCUT2D eigenvalue weighted by atomic mass is 9.93. The molecule has 0 bridgehead atoms. The number of pyridine rings is 1. The van der Waals surface area contributed by atoms with Gasteiger partial charge in [-0.25, -0.2) is 4.98 Å². The van der Waals surface area contributed by atoms with E-state index in [1.807, 2.05) is 32.0 Å². The average Bonchev–Trinajstić information content (AvgIpc) is 2.47. The molecule has 1 aliphatic heterocycles. The van der Waals surface area contributed by atoms with Crippen LogP contribution in [0.2, 0.25) is 0 Å². The molecule has 22 heavy (non-hydrogen) atoms. The fourth-order valence-corrected chi connectivity index (χ4v) is 3.30. The molecule has 1 aliphatic rings. The first-order valence-electron chi connectivity index (χ1n) is 7.93.